The highest BCUT2D eigenvalue weighted by Gasteiger charge is 2.07. The smallest absolute Gasteiger partial charge is 0.251 e. The SMILES string of the molecule is Cc1ccc(-c2nc(CCNC(=O)c3ccc(Br)cc3)cs2)cc1. The maximum absolute atomic E-state index is 12.1. The van der Waals surface area contributed by atoms with Crippen LogP contribution in [0.2, 0.25) is 0 Å². The van der Waals surface area contributed by atoms with Crippen LogP contribution in [0.5, 0.6) is 0 Å². The Morgan fingerprint density at radius 3 is 2.54 bits per heavy atom. The molecule has 0 aliphatic heterocycles. The van der Waals surface area contributed by atoms with E-state index in [1.165, 1.54) is 5.56 Å². The molecule has 0 aliphatic rings. The van der Waals surface area contributed by atoms with Crippen molar-refractivity contribution in [2.45, 2.75) is 13.3 Å². The van der Waals surface area contributed by atoms with Gasteiger partial charge in [-0.1, -0.05) is 45.8 Å². The molecule has 0 atom stereocenters. The molecule has 0 bridgehead atoms. The predicted molar refractivity (Wildman–Crippen MR) is 102 cm³/mol. The standard InChI is InChI=1S/C19H17BrN2OS/c1-13-2-4-15(5-3-13)19-22-17(12-24-19)10-11-21-18(23)14-6-8-16(20)9-7-14/h2-9,12H,10-11H2,1H3,(H,21,23). The molecule has 1 aromatic heterocycles. The molecule has 1 amide bonds. The first-order valence-electron chi connectivity index (χ1n) is 7.67. The van der Waals surface area contributed by atoms with Crippen LogP contribution in [0.3, 0.4) is 0 Å². The fraction of sp³-hybridized carbons (Fsp3) is 0.158. The zero-order chi connectivity index (χ0) is 16.9. The van der Waals surface area contributed by atoms with Crippen LogP contribution in [-0.4, -0.2) is 17.4 Å². The van der Waals surface area contributed by atoms with E-state index in [-0.39, 0.29) is 5.91 Å². The Balaban J connectivity index is 1.55. The Hall–Kier alpha value is -1.98. The maximum Gasteiger partial charge on any atom is 0.251 e. The number of hydrogen-bond acceptors (Lipinski definition) is 3. The number of halogens is 1. The lowest BCUT2D eigenvalue weighted by Gasteiger charge is -2.04. The van der Waals surface area contributed by atoms with Crippen LogP contribution in [0.4, 0.5) is 0 Å². The second-order valence-electron chi connectivity index (χ2n) is 5.52. The fourth-order valence-electron chi connectivity index (χ4n) is 2.26. The lowest BCUT2D eigenvalue weighted by molar-refractivity contribution is 0.0954. The molecule has 3 rings (SSSR count). The molecule has 0 radical (unpaired) electrons. The van der Waals surface area contributed by atoms with Crippen LogP contribution in [0, 0.1) is 6.92 Å². The van der Waals surface area contributed by atoms with Crippen molar-refractivity contribution in [3.05, 3.63) is 75.2 Å². The van der Waals surface area contributed by atoms with Crippen molar-refractivity contribution < 1.29 is 4.79 Å². The summed E-state index contributed by atoms with van der Waals surface area (Å²) >= 11 is 5.00. The van der Waals surface area contributed by atoms with Gasteiger partial charge in [-0.05, 0) is 31.2 Å². The van der Waals surface area contributed by atoms with Gasteiger partial charge in [0.15, 0.2) is 0 Å². The van der Waals surface area contributed by atoms with E-state index in [0.29, 0.717) is 12.1 Å². The fourth-order valence-corrected chi connectivity index (χ4v) is 3.38. The number of carbonyl (C=O) groups excluding carboxylic acids is 1. The van der Waals surface area contributed by atoms with Gasteiger partial charge in [0, 0.05) is 33.9 Å². The average molecular weight is 401 g/mol. The van der Waals surface area contributed by atoms with Crippen molar-refractivity contribution in [3.8, 4) is 10.6 Å². The molecule has 0 saturated carbocycles. The van der Waals surface area contributed by atoms with Gasteiger partial charge in [0.2, 0.25) is 0 Å². The largest absolute Gasteiger partial charge is 0.352 e. The van der Waals surface area contributed by atoms with Gasteiger partial charge in [0.05, 0.1) is 5.69 Å². The summed E-state index contributed by atoms with van der Waals surface area (Å²) in [5.41, 5.74) is 4.05. The number of amides is 1. The molecule has 24 heavy (non-hydrogen) atoms. The molecule has 122 valence electrons. The molecule has 0 aliphatic carbocycles. The Morgan fingerprint density at radius 2 is 1.83 bits per heavy atom. The van der Waals surface area contributed by atoms with Crippen LogP contribution in [0.15, 0.2) is 58.4 Å². The number of aryl methyl sites for hydroxylation is 1. The quantitative estimate of drug-likeness (QED) is 0.664. The maximum atomic E-state index is 12.1. The van der Waals surface area contributed by atoms with E-state index < -0.39 is 0 Å². The van der Waals surface area contributed by atoms with Gasteiger partial charge in [-0.3, -0.25) is 4.79 Å². The summed E-state index contributed by atoms with van der Waals surface area (Å²) in [5, 5.41) is 6.01. The van der Waals surface area contributed by atoms with Crippen LogP contribution < -0.4 is 5.32 Å². The van der Waals surface area contributed by atoms with Gasteiger partial charge < -0.3 is 5.32 Å². The molecule has 1 N–H and O–H groups in total. The third-order valence-electron chi connectivity index (χ3n) is 3.62. The molecular weight excluding hydrogens is 384 g/mol. The highest BCUT2D eigenvalue weighted by molar-refractivity contribution is 9.10. The van der Waals surface area contributed by atoms with Gasteiger partial charge in [-0.25, -0.2) is 4.98 Å². The van der Waals surface area contributed by atoms with Crippen LogP contribution >= 0.6 is 27.3 Å². The van der Waals surface area contributed by atoms with E-state index in [1.807, 2.05) is 12.1 Å². The Bertz CT molecular complexity index is 825. The number of carbonyl (C=O) groups is 1. The molecule has 2 aromatic carbocycles. The normalized spacial score (nSPS) is 10.6. The molecule has 0 saturated heterocycles. The minimum Gasteiger partial charge on any atom is -0.352 e. The topological polar surface area (TPSA) is 42.0 Å². The lowest BCUT2D eigenvalue weighted by Crippen LogP contribution is -2.25. The summed E-state index contributed by atoms with van der Waals surface area (Å²) in [6.07, 6.45) is 0.727. The number of nitrogens with one attached hydrogen (secondary N) is 1. The van der Waals surface area contributed by atoms with Crippen LogP contribution in [0.25, 0.3) is 10.6 Å². The first-order valence-corrected chi connectivity index (χ1v) is 9.34. The van der Waals surface area contributed by atoms with Crippen LogP contribution in [0.1, 0.15) is 21.6 Å². The summed E-state index contributed by atoms with van der Waals surface area (Å²) in [7, 11) is 0. The first-order chi connectivity index (χ1) is 11.6. The van der Waals surface area contributed by atoms with E-state index >= 15 is 0 Å². The summed E-state index contributed by atoms with van der Waals surface area (Å²) in [4.78, 5) is 16.7. The van der Waals surface area contributed by atoms with Crippen molar-refractivity contribution in [2.75, 3.05) is 6.54 Å². The number of thiazole rings is 1. The summed E-state index contributed by atoms with van der Waals surface area (Å²) in [6, 6.07) is 15.7. The second-order valence-corrected chi connectivity index (χ2v) is 7.30. The van der Waals surface area contributed by atoms with E-state index in [9.17, 15) is 4.79 Å². The zero-order valence-electron chi connectivity index (χ0n) is 13.3. The lowest BCUT2D eigenvalue weighted by atomic mass is 10.2. The summed E-state index contributed by atoms with van der Waals surface area (Å²) in [6.45, 7) is 2.65. The van der Waals surface area contributed by atoms with Crippen molar-refractivity contribution in [3.63, 3.8) is 0 Å². The Morgan fingerprint density at radius 1 is 1.12 bits per heavy atom. The number of benzene rings is 2. The second kappa shape index (κ2) is 7.73. The average Bonchev–Trinajstić information content (AvgIpc) is 3.05. The molecule has 0 unspecified atom stereocenters. The summed E-state index contributed by atoms with van der Waals surface area (Å²) in [5.74, 6) is -0.0588. The van der Waals surface area contributed by atoms with Crippen molar-refractivity contribution >= 4 is 33.2 Å². The van der Waals surface area contributed by atoms with Gasteiger partial charge in [0.25, 0.3) is 5.91 Å². The Kier molecular flexibility index (Phi) is 5.43. The number of nitrogens with zero attached hydrogens (tertiary/aromatic N) is 1. The number of hydrogen-bond donors (Lipinski definition) is 1. The van der Waals surface area contributed by atoms with Crippen LogP contribution in [-0.2, 0) is 6.42 Å². The number of rotatable bonds is 5. The third kappa shape index (κ3) is 4.30. The summed E-state index contributed by atoms with van der Waals surface area (Å²) < 4.78 is 0.963. The molecule has 0 fully saturated rings. The molecule has 1 heterocycles. The first kappa shape index (κ1) is 16.9. The van der Waals surface area contributed by atoms with Crippen molar-refractivity contribution in [1.82, 2.24) is 10.3 Å². The molecule has 5 heteroatoms. The number of aromatic nitrogens is 1. The molecular formula is C19H17BrN2OS. The highest BCUT2D eigenvalue weighted by atomic mass is 79.9. The zero-order valence-corrected chi connectivity index (χ0v) is 15.7. The van der Waals surface area contributed by atoms with Crippen molar-refractivity contribution in [2.24, 2.45) is 0 Å². The van der Waals surface area contributed by atoms with Crippen molar-refractivity contribution in [1.29, 1.82) is 0 Å². The monoisotopic (exact) mass is 400 g/mol. The molecule has 3 nitrogen and oxygen atoms in total. The minimum absolute atomic E-state index is 0.0588. The Labute approximate surface area is 153 Å². The third-order valence-corrected chi connectivity index (χ3v) is 5.09. The van der Waals surface area contributed by atoms with E-state index in [0.717, 1.165) is 27.2 Å². The minimum atomic E-state index is -0.0588. The molecule has 0 spiro atoms. The van der Waals surface area contributed by atoms with Gasteiger partial charge in [0.1, 0.15) is 5.01 Å². The molecule has 3 aromatic rings. The van der Waals surface area contributed by atoms with Gasteiger partial charge in [-0.2, -0.15) is 0 Å². The van der Waals surface area contributed by atoms with E-state index in [1.54, 1.807) is 23.5 Å². The van der Waals surface area contributed by atoms with Gasteiger partial charge >= 0.3 is 0 Å². The highest BCUT2D eigenvalue weighted by Crippen LogP contribution is 2.24. The van der Waals surface area contributed by atoms with E-state index in [4.69, 9.17) is 0 Å². The van der Waals surface area contributed by atoms with Gasteiger partial charge in [-0.15, -0.1) is 11.3 Å². The predicted octanol–water partition coefficient (Wildman–Crippen LogP) is 4.85. The van der Waals surface area contributed by atoms with E-state index in [2.05, 4.69) is 62.8 Å².